The number of halogens is 3. The third kappa shape index (κ3) is 3.90. The molecule has 3 rings (SSSR count). The van der Waals surface area contributed by atoms with E-state index >= 15 is 0 Å². The molecule has 5 nitrogen and oxygen atoms in total. The van der Waals surface area contributed by atoms with Crippen LogP contribution < -0.4 is 0 Å². The predicted molar refractivity (Wildman–Crippen MR) is 88.5 cm³/mol. The number of aromatic nitrogens is 2. The van der Waals surface area contributed by atoms with Crippen LogP contribution >= 0.6 is 23.2 Å². The molecule has 0 N–H and O–H groups in total. The Kier molecular flexibility index (Phi) is 5.08. The normalized spacial score (nSPS) is 11.1. The van der Waals surface area contributed by atoms with E-state index in [4.69, 9.17) is 32.5 Å². The van der Waals surface area contributed by atoms with Crippen LogP contribution in [0.2, 0.25) is 10.0 Å². The zero-order chi connectivity index (χ0) is 16.9. The van der Waals surface area contributed by atoms with Gasteiger partial charge in [-0.15, -0.1) is 10.2 Å². The molecule has 3 aromatic rings. The fraction of sp³-hybridized carbons (Fsp3) is 0.0625. The Morgan fingerprint density at radius 3 is 2.71 bits per heavy atom. The van der Waals surface area contributed by atoms with Crippen LogP contribution in [0.1, 0.15) is 11.5 Å². The van der Waals surface area contributed by atoms with Gasteiger partial charge in [0.2, 0.25) is 5.89 Å². The van der Waals surface area contributed by atoms with Gasteiger partial charge in [0.15, 0.2) is 6.61 Å². The first kappa shape index (κ1) is 16.4. The Morgan fingerprint density at radius 2 is 1.92 bits per heavy atom. The fourth-order valence-electron chi connectivity index (χ4n) is 1.83. The van der Waals surface area contributed by atoms with Crippen molar-refractivity contribution in [3.05, 3.63) is 69.8 Å². The van der Waals surface area contributed by atoms with E-state index < -0.39 is 0 Å². The first-order valence-electron chi connectivity index (χ1n) is 6.81. The zero-order valence-corrected chi connectivity index (χ0v) is 13.6. The highest BCUT2D eigenvalue weighted by atomic mass is 35.5. The van der Waals surface area contributed by atoms with Gasteiger partial charge in [0.1, 0.15) is 5.82 Å². The number of hydrogen-bond acceptors (Lipinski definition) is 5. The van der Waals surface area contributed by atoms with Crippen LogP contribution in [0.3, 0.4) is 0 Å². The Hall–Kier alpha value is -2.44. The summed E-state index contributed by atoms with van der Waals surface area (Å²) in [7, 11) is 0. The van der Waals surface area contributed by atoms with Gasteiger partial charge in [0.05, 0.1) is 16.3 Å². The smallest absolute Gasteiger partial charge is 0.257 e. The summed E-state index contributed by atoms with van der Waals surface area (Å²) < 4.78 is 18.3. The quantitative estimate of drug-likeness (QED) is 0.484. The van der Waals surface area contributed by atoms with Crippen molar-refractivity contribution in [1.82, 2.24) is 10.2 Å². The maximum Gasteiger partial charge on any atom is 0.257 e. The van der Waals surface area contributed by atoms with Crippen LogP contribution in [0.4, 0.5) is 4.39 Å². The van der Waals surface area contributed by atoms with E-state index in [0.717, 1.165) is 0 Å². The maximum atomic E-state index is 12.9. The van der Waals surface area contributed by atoms with E-state index in [1.165, 1.54) is 18.3 Å². The standard InChI is InChI=1S/C16H10Cl2FN3O2/c17-13-3-1-2-11(15(13)18)8-20-23-9-14-21-22-16(24-14)10-4-6-12(19)7-5-10/h1-8H,9H2. The lowest BCUT2D eigenvalue weighted by molar-refractivity contribution is 0.112. The van der Waals surface area contributed by atoms with Crippen LogP contribution in [0, 0.1) is 5.82 Å². The lowest BCUT2D eigenvalue weighted by atomic mass is 10.2. The highest BCUT2D eigenvalue weighted by molar-refractivity contribution is 6.43. The minimum atomic E-state index is -0.337. The van der Waals surface area contributed by atoms with E-state index in [9.17, 15) is 4.39 Å². The number of nitrogens with zero attached hydrogens (tertiary/aromatic N) is 3. The molecule has 0 aliphatic rings. The molecule has 1 aromatic heterocycles. The number of hydrogen-bond donors (Lipinski definition) is 0. The topological polar surface area (TPSA) is 60.5 Å². The van der Waals surface area contributed by atoms with Gasteiger partial charge in [0, 0.05) is 11.1 Å². The van der Waals surface area contributed by atoms with Crippen molar-refractivity contribution in [3.63, 3.8) is 0 Å². The largest absolute Gasteiger partial charge is 0.417 e. The molecular weight excluding hydrogens is 356 g/mol. The SMILES string of the molecule is Fc1ccc(-c2nnc(CON=Cc3cccc(Cl)c3Cl)o2)cc1. The Bertz CT molecular complexity index is 866. The van der Waals surface area contributed by atoms with Crippen molar-refractivity contribution in [2.45, 2.75) is 6.61 Å². The van der Waals surface area contributed by atoms with Crippen LogP contribution in [-0.4, -0.2) is 16.4 Å². The lowest BCUT2D eigenvalue weighted by Gasteiger charge is -1.99. The third-order valence-corrected chi connectivity index (χ3v) is 3.83. The minimum Gasteiger partial charge on any atom is -0.417 e. The van der Waals surface area contributed by atoms with E-state index in [1.54, 1.807) is 30.3 Å². The molecule has 8 heteroatoms. The monoisotopic (exact) mass is 365 g/mol. The molecule has 0 radical (unpaired) electrons. The first-order valence-corrected chi connectivity index (χ1v) is 7.57. The van der Waals surface area contributed by atoms with E-state index in [1.807, 2.05) is 0 Å². The molecule has 1 heterocycles. The summed E-state index contributed by atoms with van der Waals surface area (Å²) in [5.74, 6) is 0.176. The Labute approximate surface area is 146 Å². The highest BCUT2D eigenvalue weighted by Crippen LogP contribution is 2.24. The van der Waals surface area contributed by atoms with Gasteiger partial charge in [-0.05, 0) is 30.3 Å². The van der Waals surface area contributed by atoms with Gasteiger partial charge in [-0.2, -0.15) is 0 Å². The molecule has 24 heavy (non-hydrogen) atoms. The molecule has 2 aromatic carbocycles. The van der Waals surface area contributed by atoms with Gasteiger partial charge in [-0.3, -0.25) is 0 Å². The average molecular weight is 366 g/mol. The van der Waals surface area contributed by atoms with E-state index in [2.05, 4.69) is 15.4 Å². The summed E-state index contributed by atoms with van der Waals surface area (Å²) in [5.41, 5.74) is 1.24. The average Bonchev–Trinajstić information content (AvgIpc) is 3.05. The molecule has 122 valence electrons. The van der Waals surface area contributed by atoms with Crippen molar-refractivity contribution in [1.29, 1.82) is 0 Å². The summed E-state index contributed by atoms with van der Waals surface area (Å²) >= 11 is 11.9. The van der Waals surface area contributed by atoms with Gasteiger partial charge in [0.25, 0.3) is 5.89 Å². The molecule has 0 saturated carbocycles. The van der Waals surface area contributed by atoms with Crippen LogP contribution in [0.15, 0.2) is 52.0 Å². The molecule has 0 aliphatic carbocycles. The van der Waals surface area contributed by atoms with E-state index in [-0.39, 0.29) is 24.2 Å². The van der Waals surface area contributed by atoms with Crippen molar-refractivity contribution in [2.75, 3.05) is 0 Å². The van der Waals surface area contributed by atoms with Crippen LogP contribution in [0.25, 0.3) is 11.5 Å². The first-order chi connectivity index (χ1) is 11.6. The zero-order valence-electron chi connectivity index (χ0n) is 12.1. The fourth-order valence-corrected chi connectivity index (χ4v) is 2.18. The maximum absolute atomic E-state index is 12.9. The second-order valence-electron chi connectivity index (χ2n) is 4.66. The molecule has 0 fully saturated rings. The summed E-state index contributed by atoms with van der Waals surface area (Å²) in [4.78, 5) is 5.10. The van der Waals surface area contributed by atoms with Crippen molar-refractivity contribution < 1.29 is 13.6 Å². The molecule has 0 atom stereocenters. The van der Waals surface area contributed by atoms with Crippen molar-refractivity contribution in [3.8, 4) is 11.5 Å². The van der Waals surface area contributed by atoms with Crippen molar-refractivity contribution in [2.24, 2.45) is 5.16 Å². The Morgan fingerprint density at radius 1 is 1.12 bits per heavy atom. The second kappa shape index (κ2) is 7.42. The summed E-state index contributed by atoms with van der Waals surface area (Å²) in [6, 6.07) is 10.9. The van der Waals surface area contributed by atoms with E-state index in [0.29, 0.717) is 21.2 Å². The van der Waals surface area contributed by atoms with Crippen LogP contribution in [-0.2, 0) is 11.4 Å². The molecule has 0 saturated heterocycles. The molecule has 0 bridgehead atoms. The summed E-state index contributed by atoms with van der Waals surface area (Å²) in [6.45, 7) is -0.0110. The minimum absolute atomic E-state index is 0.0110. The summed E-state index contributed by atoms with van der Waals surface area (Å²) in [6.07, 6.45) is 1.44. The predicted octanol–water partition coefficient (Wildman–Crippen LogP) is 4.73. The van der Waals surface area contributed by atoms with Crippen LogP contribution in [0.5, 0.6) is 0 Å². The lowest BCUT2D eigenvalue weighted by Crippen LogP contribution is -1.89. The second-order valence-corrected chi connectivity index (χ2v) is 5.44. The highest BCUT2D eigenvalue weighted by Gasteiger charge is 2.09. The number of rotatable bonds is 5. The molecule has 0 aliphatic heterocycles. The number of benzene rings is 2. The Balaban J connectivity index is 1.60. The van der Waals surface area contributed by atoms with Gasteiger partial charge < -0.3 is 9.25 Å². The summed E-state index contributed by atoms with van der Waals surface area (Å²) in [5, 5.41) is 12.3. The third-order valence-electron chi connectivity index (χ3n) is 2.99. The van der Waals surface area contributed by atoms with Crippen molar-refractivity contribution >= 4 is 29.4 Å². The van der Waals surface area contributed by atoms with Gasteiger partial charge in [-0.25, -0.2) is 4.39 Å². The number of oxime groups is 1. The molecular formula is C16H10Cl2FN3O2. The molecule has 0 unspecified atom stereocenters. The van der Waals surface area contributed by atoms with Gasteiger partial charge >= 0.3 is 0 Å². The molecule has 0 spiro atoms. The van der Waals surface area contributed by atoms with Gasteiger partial charge in [-0.1, -0.05) is 40.5 Å². The molecule has 0 amide bonds.